The molecule has 4 nitrogen and oxygen atoms in total. The first-order chi connectivity index (χ1) is 9.25. The number of hydrogen-bond donors (Lipinski definition) is 1. The smallest absolute Gasteiger partial charge is 0.246 e. The first-order valence-corrected chi connectivity index (χ1v) is 7.09. The second-order valence-corrected chi connectivity index (χ2v) is 5.50. The average Bonchev–Trinajstić information content (AvgIpc) is 2.45. The van der Waals surface area contributed by atoms with Crippen LogP contribution in [0.5, 0.6) is 0 Å². The summed E-state index contributed by atoms with van der Waals surface area (Å²) in [4.78, 5) is 16.3. The molecule has 0 saturated carbocycles. The van der Waals surface area contributed by atoms with Crippen molar-refractivity contribution in [2.45, 2.75) is 25.3 Å². The van der Waals surface area contributed by atoms with Gasteiger partial charge in [-0.2, -0.15) is 0 Å². The van der Waals surface area contributed by atoms with Gasteiger partial charge in [-0.05, 0) is 31.5 Å². The molecule has 3 rings (SSSR count). The molecule has 0 aromatic heterocycles. The summed E-state index contributed by atoms with van der Waals surface area (Å²) in [6.45, 7) is 2.35. The largest absolute Gasteiger partial charge is 0.364 e. The van der Waals surface area contributed by atoms with Gasteiger partial charge in [0.15, 0.2) is 0 Å². The number of nitrogens with one attached hydrogen (secondary N) is 1. The summed E-state index contributed by atoms with van der Waals surface area (Å²) in [7, 11) is 1.98. The maximum absolute atomic E-state index is 12.3. The normalized spacial score (nSPS) is 23.4. The molecule has 0 radical (unpaired) electrons. The van der Waals surface area contributed by atoms with Crippen molar-refractivity contribution in [3.63, 3.8) is 0 Å². The van der Waals surface area contributed by atoms with Gasteiger partial charge in [-0.3, -0.25) is 4.79 Å². The lowest BCUT2D eigenvalue weighted by Gasteiger charge is -2.38. The van der Waals surface area contributed by atoms with E-state index >= 15 is 0 Å². The lowest BCUT2D eigenvalue weighted by molar-refractivity contribution is -0.117. The molecule has 2 heterocycles. The number of hydrogen-bond acceptors (Lipinski definition) is 3. The van der Waals surface area contributed by atoms with E-state index in [2.05, 4.69) is 11.4 Å². The molecule has 1 atom stereocenters. The van der Waals surface area contributed by atoms with Gasteiger partial charge < -0.3 is 15.1 Å². The van der Waals surface area contributed by atoms with Crippen LogP contribution in [-0.4, -0.2) is 38.6 Å². The zero-order valence-corrected chi connectivity index (χ0v) is 11.4. The fraction of sp³-hybridized carbons (Fsp3) is 0.533. The minimum Gasteiger partial charge on any atom is -0.364 e. The molecule has 19 heavy (non-hydrogen) atoms. The predicted molar refractivity (Wildman–Crippen MR) is 77.7 cm³/mol. The van der Waals surface area contributed by atoms with Gasteiger partial charge >= 0.3 is 0 Å². The molecule has 2 aliphatic heterocycles. The van der Waals surface area contributed by atoms with Crippen LogP contribution in [0, 0.1) is 0 Å². The van der Waals surface area contributed by atoms with Crippen molar-refractivity contribution >= 4 is 17.3 Å². The third kappa shape index (κ3) is 2.45. The molecule has 1 amide bonds. The number of carbonyl (C=O) groups excluding carboxylic acids is 1. The van der Waals surface area contributed by atoms with E-state index < -0.39 is 0 Å². The van der Waals surface area contributed by atoms with Crippen molar-refractivity contribution in [3.8, 4) is 0 Å². The van der Waals surface area contributed by atoms with Gasteiger partial charge in [-0.25, -0.2) is 0 Å². The standard InChI is InChI=1S/C15H21N3O/c1-17-11-15(19)18(10-12-6-4-5-9-16-12)14-8-3-2-7-13(14)17/h2-3,7-8,12,16H,4-6,9-11H2,1H3. The Balaban J connectivity index is 1.83. The lowest BCUT2D eigenvalue weighted by atomic mass is 10.0. The predicted octanol–water partition coefficient (Wildman–Crippen LogP) is 1.61. The minimum atomic E-state index is 0.202. The van der Waals surface area contributed by atoms with Gasteiger partial charge in [0.1, 0.15) is 0 Å². The molecule has 0 aliphatic carbocycles. The Morgan fingerprint density at radius 2 is 2.05 bits per heavy atom. The highest BCUT2D eigenvalue weighted by Gasteiger charge is 2.29. The van der Waals surface area contributed by atoms with Crippen molar-refractivity contribution in [3.05, 3.63) is 24.3 Å². The molecule has 1 unspecified atom stereocenters. The SMILES string of the molecule is CN1CC(=O)N(CC2CCCCN2)c2ccccc21. The van der Waals surface area contributed by atoms with E-state index in [0.29, 0.717) is 12.6 Å². The topological polar surface area (TPSA) is 35.6 Å². The van der Waals surface area contributed by atoms with E-state index in [4.69, 9.17) is 0 Å². The summed E-state index contributed by atoms with van der Waals surface area (Å²) in [5, 5.41) is 3.52. The Kier molecular flexibility index (Phi) is 3.42. The second-order valence-electron chi connectivity index (χ2n) is 5.50. The number of piperidine rings is 1. The zero-order valence-electron chi connectivity index (χ0n) is 11.4. The minimum absolute atomic E-state index is 0.202. The Hall–Kier alpha value is -1.55. The average molecular weight is 259 g/mol. The summed E-state index contributed by atoms with van der Waals surface area (Å²) in [5.74, 6) is 0.202. The number of amides is 1. The van der Waals surface area contributed by atoms with Gasteiger partial charge in [-0.15, -0.1) is 0 Å². The highest BCUT2D eigenvalue weighted by atomic mass is 16.2. The lowest BCUT2D eigenvalue weighted by Crippen LogP contribution is -2.51. The van der Waals surface area contributed by atoms with E-state index in [9.17, 15) is 4.79 Å². The maximum atomic E-state index is 12.3. The number of fused-ring (bicyclic) bond motifs is 1. The summed E-state index contributed by atoms with van der Waals surface area (Å²) < 4.78 is 0. The number of likely N-dealkylation sites (N-methyl/N-ethyl adjacent to an activating group) is 1. The van der Waals surface area contributed by atoms with E-state index in [-0.39, 0.29) is 5.91 Å². The van der Waals surface area contributed by atoms with Crippen molar-refractivity contribution in [2.24, 2.45) is 0 Å². The van der Waals surface area contributed by atoms with Crippen LogP contribution in [0.15, 0.2) is 24.3 Å². The number of nitrogens with zero attached hydrogens (tertiary/aromatic N) is 2. The summed E-state index contributed by atoms with van der Waals surface area (Å²) in [6.07, 6.45) is 3.69. The van der Waals surface area contributed by atoms with Gasteiger partial charge in [-0.1, -0.05) is 18.6 Å². The third-order valence-electron chi connectivity index (χ3n) is 4.07. The van der Waals surface area contributed by atoms with E-state index in [1.54, 1.807) is 0 Å². The van der Waals surface area contributed by atoms with Crippen LogP contribution in [0.25, 0.3) is 0 Å². The molecular weight excluding hydrogens is 238 g/mol. The molecule has 4 heteroatoms. The third-order valence-corrected chi connectivity index (χ3v) is 4.07. The molecule has 1 aromatic rings. The molecule has 2 aliphatic rings. The Morgan fingerprint density at radius 1 is 1.26 bits per heavy atom. The summed E-state index contributed by atoms with van der Waals surface area (Å²) in [6, 6.07) is 8.61. The number of rotatable bonds is 2. The Labute approximate surface area is 114 Å². The van der Waals surface area contributed by atoms with Crippen LogP contribution >= 0.6 is 0 Å². The molecule has 1 saturated heterocycles. The fourth-order valence-electron chi connectivity index (χ4n) is 3.02. The van der Waals surface area contributed by atoms with Crippen LogP contribution in [-0.2, 0) is 4.79 Å². The van der Waals surface area contributed by atoms with Crippen LogP contribution < -0.4 is 15.1 Å². The monoisotopic (exact) mass is 259 g/mol. The van der Waals surface area contributed by atoms with E-state index in [1.165, 1.54) is 19.3 Å². The van der Waals surface area contributed by atoms with Crippen LogP contribution in [0.3, 0.4) is 0 Å². The summed E-state index contributed by atoms with van der Waals surface area (Å²) in [5.41, 5.74) is 2.20. The van der Waals surface area contributed by atoms with E-state index in [0.717, 1.165) is 24.5 Å². The van der Waals surface area contributed by atoms with Crippen molar-refractivity contribution in [1.82, 2.24) is 5.32 Å². The molecular formula is C15H21N3O. The molecule has 0 spiro atoms. The van der Waals surface area contributed by atoms with Crippen molar-refractivity contribution in [1.29, 1.82) is 0 Å². The number of benzene rings is 1. The molecule has 1 fully saturated rings. The van der Waals surface area contributed by atoms with Crippen molar-refractivity contribution in [2.75, 3.05) is 36.5 Å². The highest BCUT2D eigenvalue weighted by Crippen LogP contribution is 2.32. The highest BCUT2D eigenvalue weighted by molar-refractivity contribution is 6.03. The molecule has 102 valence electrons. The van der Waals surface area contributed by atoms with Gasteiger partial charge in [0, 0.05) is 19.6 Å². The molecule has 0 bridgehead atoms. The van der Waals surface area contributed by atoms with Crippen LogP contribution in [0.2, 0.25) is 0 Å². The number of para-hydroxylation sites is 2. The second kappa shape index (κ2) is 5.21. The fourth-order valence-corrected chi connectivity index (χ4v) is 3.02. The number of carbonyl (C=O) groups is 1. The molecule has 1 aromatic carbocycles. The summed E-state index contributed by atoms with van der Waals surface area (Å²) >= 11 is 0. The van der Waals surface area contributed by atoms with Crippen molar-refractivity contribution < 1.29 is 4.79 Å². The Bertz CT molecular complexity index is 468. The zero-order chi connectivity index (χ0) is 13.2. The van der Waals surface area contributed by atoms with E-state index in [1.807, 2.05) is 35.0 Å². The van der Waals surface area contributed by atoms with Crippen LogP contribution in [0.4, 0.5) is 11.4 Å². The van der Waals surface area contributed by atoms with Crippen LogP contribution in [0.1, 0.15) is 19.3 Å². The maximum Gasteiger partial charge on any atom is 0.246 e. The first-order valence-electron chi connectivity index (χ1n) is 7.09. The molecule has 1 N–H and O–H groups in total. The first kappa shape index (κ1) is 12.5. The number of anilines is 2. The Morgan fingerprint density at radius 3 is 2.79 bits per heavy atom. The quantitative estimate of drug-likeness (QED) is 0.876. The van der Waals surface area contributed by atoms with Gasteiger partial charge in [0.2, 0.25) is 5.91 Å². The van der Waals surface area contributed by atoms with Gasteiger partial charge in [0.25, 0.3) is 0 Å². The van der Waals surface area contributed by atoms with Gasteiger partial charge in [0.05, 0.1) is 17.9 Å².